The topological polar surface area (TPSA) is 18.5 Å². The molecule has 0 saturated heterocycles. The van der Waals surface area contributed by atoms with Crippen LogP contribution in [0.4, 0.5) is 0 Å². The largest absolute Gasteiger partial charge is 0.493 e. The van der Waals surface area contributed by atoms with E-state index in [0.717, 1.165) is 0 Å². The summed E-state index contributed by atoms with van der Waals surface area (Å²) in [5, 5.41) is 0.577. The molecular formula is C13H11ClO2. The maximum Gasteiger partial charge on any atom is 0.169 e. The number of benzene rings is 2. The zero-order valence-corrected chi connectivity index (χ0v) is 9.57. The van der Waals surface area contributed by atoms with Crippen molar-refractivity contribution in [1.82, 2.24) is 0 Å². The van der Waals surface area contributed by atoms with E-state index in [1.165, 1.54) is 0 Å². The molecule has 0 heterocycles. The molecule has 0 aromatic heterocycles. The summed E-state index contributed by atoms with van der Waals surface area (Å²) >= 11 is 6.00. The van der Waals surface area contributed by atoms with Crippen molar-refractivity contribution in [2.75, 3.05) is 7.11 Å². The number of para-hydroxylation sites is 3. The van der Waals surface area contributed by atoms with Gasteiger partial charge in [-0.15, -0.1) is 0 Å². The number of halogens is 1. The molecule has 0 saturated carbocycles. The maximum atomic E-state index is 6.00. The average Bonchev–Trinajstić information content (AvgIpc) is 2.33. The van der Waals surface area contributed by atoms with Gasteiger partial charge in [-0.3, -0.25) is 0 Å². The lowest BCUT2D eigenvalue weighted by molar-refractivity contribution is 0.379. The standard InChI is InChI=1S/C13H11ClO2/c1-15-12-8-4-5-9-13(12)16-11-7-3-2-6-10(11)14/h2-9H,1H3. The SMILES string of the molecule is COc1ccccc1Oc1ccccc1Cl. The van der Waals surface area contributed by atoms with Crippen LogP contribution in [0.15, 0.2) is 48.5 Å². The average molecular weight is 235 g/mol. The van der Waals surface area contributed by atoms with Crippen molar-refractivity contribution in [3.8, 4) is 17.2 Å². The second-order valence-electron chi connectivity index (χ2n) is 3.18. The molecule has 0 aliphatic heterocycles. The van der Waals surface area contributed by atoms with E-state index in [-0.39, 0.29) is 0 Å². The van der Waals surface area contributed by atoms with Gasteiger partial charge < -0.3 is 9.47 Å². The molecule has 2 rings (SSSR count). The fourth-order valence-corrected chi connectivity index (χ4v) is 1.52. The van der Waals surface area contributed by atoms with Gasteiger partial charge in [0.05, 0.1) is 12.1 Å². The molecule has 2 nitrogen and oxygen atoms in total. The van der Waals surface area contributed by atoms with Crippen molar-refractivity contribution < 1.29 is 9.47 Å². The van der Waals surface area contributed by atoms with Crippen molar-refractivity contribution in [3.63, 3.8) is 0 Å². The Morgan fingerprint density at radius 2 is 1.38 bits per heavy atom. The zero-order chi connectivity index (χ0) is 11.4. The fraction of sp³-hybridized carbons (Fsp3) is 0.0769. The van der Waals surface area contributed by atoms with E-state index in [1.54, 1.807) is 13.2 Å². The van der Waals surface area contributed by atoms with Crippen molar-refractivity contribution in [1.29, 1.82) is 0 Å². The summed E-state index contributed by atoms with van der Waals surface area (Å²) in [5.74, 6) is 1.95. The quantitative estimate of drug-likeness (QED) is 0.795. The van der Waals surface area contributed by atoms with Gasteiger partial charge in [-0.2, -0.15) is 0 Å². The highest BCUT2D eigenvalue weighted by atomic mass is 35.5. The third kappa shape index (κ3) is 2.28. The van der Waals surface area contributed by atoms with E-state index in [9.17, 15) is 0 Å². The van der Waals surface area contributed by atoms with Gasteiger partial charge >= 0.3 is 0 Å². The highest BCUT2D eigenvalue weighted by Crippen LogP contribution is 2.34. The molecule has 0 unspecified atom stereocenters. The summed E-state index contributed by atoms with van der Waals surface area (Å²) in [6.45, 7) is 0. The maximum absolute atomic E-state index is 6.00. The molecule has 0 fully saturated rings. The highest BCUT2D eigenvalue weighted by molar-refractivity contribution is 6.32. The Bertz CT molecular complexity index is 483. The Hall–Kier alpha value is -1.67. The molecule has 82 valence electrons. The highest BCUT2D eigenvalue weighted by Gasteiger charge is 2.06. The third-order valence-electron chi connectivity index (χ3n) is 2.13. The number of hydrogen-bond acceptors (Lipinski definition) is 2. The monoisotopic (exact) mass is 234 g/mol. The van der Waals surface area contributed by atoms with Gasteiger partial charge in [-0.25, -0.2) is 0 Å². The number of ether oxygens (including phenoxy) is 2. The van der Waals surface area contributed by atoms with Crippen LogP contribution in [0.3, 0.4) is 0 Å². The first kappa shape index (κ1) is 10.8. The minimum atomic E-state index is 0.577. The lowest BCUT2D eigenvalue weighted by Gasteiger charge is -2.10. The Kier molecular flexibility index (Phi) is 3.32. The first-order chi connectivity index (χ1) is 7.81. The Morgan fingerprint density at radius 1 is 0.812 bits per heavy atom. The van der Waals surface area contributed by atoms with E-state index >= 15 is 0 Å². The van der Waals surface area contributed by atoms with Crippen LogP contribution in [0.25, 0.3) is 0 Å². The number of hydrogen-bond donors (Lipinski definition) is 0. The molecular weight excluding hydrogens is 224 g/mol. The van der Waals surface area contributed by atoms with Gasteiger partial charge in [0.25, 0.3) is 0 Å². The summed E-state index contributed by atoms with van der Waals surface area (Å²) in [5.41, 5.74) is 0. The third-order valence-corrected chi connectivity index (χ3v) is 2.44. The van der Waals surface area contributed by atoms with Crippen molar-refractivity contribution in [2.24, 2.45) is 0 Å². The van der Waals surface area contributed by atoms with Crippen molar-refractivity contribution in [2.45, 2.75) is 0 Å². The molecule has 0 radical (unpaired) electrons. The molecule has 0 aliphatic rings. The second-order valence-corrected chi connectivity index (χ2v) is 3.59. The summed E-state index contributed by atoms with van der Waals surface area (Å²) in [4.78, 5) is 0. The molecule has 2 aromatic rings. The van der Waals surface area contributed by atoms with E-state index in [4.69, 9.17) is 21.1 Å². The smallest absolute Gasteiger partial charge is 0.169 e. The molecule has 2 aromatic carbocycles. The predicted molar refractivity (Wildman–Crippen MR) is 64.5 cm³/mol. The normalized spacial score (nSPS) is 9.88. The van der Waals surface area contributed by atoms with E-state index in [2.05, 4.69) is 0 Å². The fourth-order valence-electron chi connectivity index (χ4n) is 1.35. The van der Waals surface area contributed by atoms with Crippen LogP contribution in [0.5, 0.6) is 17.2 Å². The van der Waals surface area contributed by atoms with Crippen LogP contribution < -0.4 is 9.47 Å². The minimum absolute atomic E-state index is 0.577. The van der Waals surface area contributed by atoms with Gasteiger partial charge in [0.15, 0.2) is 11.5 Å². The first-order valence-corrected chi connectivity index (χ1v) is 5.24. The second kappa shape index (κ2) is 4.90. The summed E-state index contributed by atoms with van der Waals surface area (Å²) in [7, 11) is 1.61. The Labute approximate surface area is 99.4 Å². The van der Waals surface area contributed by atoms with Crippen LogP contribution in [-0.4, -0.2) is 7.11 Å². The van der Waals surface area contributed by atoms with Crippen LogP contribution >= 0.6 is 11.6 Å². The van der Waals surface area contributed by atoms with Crippen LogP contribution in [0, 0.1) is 0 Å². The van der Waals surface area contributed by atoms with Gasteiger partial charge in [0, 0.05) is 0 Å². The Morgan fingerprint density at radius 3 is 2.00 bits per heavy atom. The van der Waals surface area contributed by atoms with Crippen LogP contribution in [0.1, 0.15) is 0 Å². The summed E-state index contributed by atoms with van der Waals surface area (Å²) in [6.07, 6.45) is 0. The van der Waals surface area contributed by atoms with Gasteiger partial charge in [-0.05, 0) is 24.3 Å². The summed E-state index contributed by atoms with van der Waals surface area (Å²) < 4.78 is 10.9. The Balaban J connectivity index is 2.30. The predicted octanol–water partition coefficient (Wildman–Crippen LogP) is 4.14. The zero-order valence-electron chi connectivity index (χ0n) is 8.81. The number of methoxy groups -OCH3 is 1. The molecule has 16 heavy (non-hydrogen) atoms. The lowest BCUT2D eigenvalue weighted by Crippen LogP contribution is -1.90. The first-order valence-electron chi connectivity index (χ1n) is 4.86. The van der Waals surface area contributed by atoms with Crippen molar-refractivity contribution >= 4 is 11.6 Å². The molecule has 3 heteroatoms. The van der Waals surface area contributed by atoms with Gasteiger partial charge in [-0.1, -0.05) is 35.9 Å². The van der Waals surface area contributed by atoms with Crippen LogP contribution in [-0.2, 0) is 0 Å². The minimum Gasteiger partial charge on any atom is -0.493 e. The van der Waals surface area contributed by atoms with Gasteiger partial charge in [0.2, 0.25) is 0 Å². The molecule has 0 N–H and O–H groups in total. The molecule has 0 spiro atoms. The molecule has 0 amide bonds. The van der Waals surface area contributed by atoms with Gasteiger partial charge in [0.1, 0.15) is 5.75 Å². The number of rotatable bonds is 3. The van der Waals surface area contributed by atoms with E-state index in [1.807, 2.05) is 42.5 Å². The lowest BCUT2D eigenvalue weighted by atomic mass is 10.3. The molecule has 0 atom stereocenters. The van der Waals surface area contributed by atoms with Crippen molar-refractivity contribution in [3.05, 3.63) is 53.6 Å². The molecule has 0 aliphatic carbocycles. The molecule has 0 bridgehead atoms. The van der Waals surface area contributed by atoms with E-state index < -0.39 is 0 Å². The summed E-state index contributed by atoms with van der Waals surface area (Å²) in [6, 6.07) is 14.8. The van der Waals surface area contributed by atoms with Crippen LogP contribution in [0.2, 0.25) is 5.02 Å². The van der Waals surface area contributed by atoms with E-state index in [0.29, 0.717) is 22.3 Å².